The van der Waals surface area contributed by atoms with Crippen molar-refractivity contribution in [3.8, 4) is 5.75 Å². The first-order valence-electron chi connectivity index (χ1n) is 34.0. The Bertz CT molecular complexity index is 3730. The van der Waals surface area contributed by atoms with Crippen LogP contribution in [0.4, 0.5) is 34.1 Å². The van der Waals surface area contributed by atoms with Crippen molar-refractivity contribution < 1.29 is 76.1 Å². The summed E-state index contributed by atoms with van der Waals surface area (Å²) in [7, 11) is 6.29. The minimum Gasteiger partial charge on any atom is -0.497 e. The fourth-order valence-corrected chi connectivity index (χ4v) is 12.1. The zero-order chi connectivity index (χ0) is 69.8. The highest BCUT2D eigenvalue weighted by Crippen LogP contribution is 2.37. The Balaban J connectivity index is 0.000000190. The maximum atomic E-state index is 12.9. The number of anilines is 6. The van der Waals surface area contributed by atoms with Crippen LogP contribution in [0.1, 0.15) is 64.2 Å². The molecule has 8 aromatic carbocycles. The van der Waals surface area contributed by atoms with Gasteiger partial charge in [-0.1, -0.05) is 140 Å². The van der Waals surface area contributed by atoms with E-state index in [1.54, 1.807) is 21.3 Å². The summed E-state index contributed by atoms with van der Waals surface area (Å²) in [5.74, 6) is -2.33. The molecule has 0 heterocycles. The number of rotatable bonds is 32. The van der Waals surface area contributed by atoms with Crippen molar-refractivity contribution >= 4 is 91.5 Å². The Morgan fingerprint density at radius 1 is 0.323 bits per heavy atom. The monoisotopic (exact) mass is 1350 g/mol. The second-order valence-electron chi connectivity index (χ2n) is 23.8. The quantitative estimate of drug-likeness (QED) is 0.0218. The topological polar surface area (TPSA) is 204 Å². The predicted molar refractivity (Wildman–Crippen MR) is 383 cm³/mol. The number of ether oxygens (including phenoxy) is 10. The molecule has 2 aliphatic rings. The van der Waals surface area contributed by atoms with E-state index in [-0.39, 0.29) is 88.2 Å². The number of benzene rings is 8. The lowest BCUT2D eigenvalue weighted by atomic mass is 9.79. The summed E-state index contributed by atoms with van der Waals surface area (Å²) in [4.78, 5) is 80.4. The molecule has 19 heteroatoms. The molecule has 0 aliphatic heterocycles. The van der Waals surface area contributed by atoms with Gasteiger partial charge in [0.05, 0.1) is 83.1 Å². The molecule has 19 nitrogen and oxygen atoms in total. The van der Waals surface area contributed by atoms with E-state index in [2.05, 4.69) is 81.4 Å². The third kappa shape index (κ3) is 23.4. The van der Waals surface area contributed by atoms with E-state index in [1.165, 1.54) is 12.5 Å². The Morgan fingerprint density at radius 3 is 1.09 bits per heavy atom. The zero-order valence-corrected chi connectivity index (χ0v) is 57.3. The Kier molecular flexibility index (Phi) is 31.4. The number of hydrogen-bond acceptors (Lipinski definition) is 19. The van der Waals surface area contributed by atoms with Crippen LogP contribution < -0.4 is 19.4 Å². The maximum absolute atomic E-state index is 12.9. The third-order valence-electron chi connectivity index (χ3n) is 17.3. The summed E-state index contributed by atoms with van der Waals surface area (Å²) >= 11 is 0. The highest BCUT2D eigenvalue weighted by Gasteiger charge is 2.38. The molecule has 2 unspecified atom stereocenters. The average molecular weight is 1350 g/mol. The largest absolute Gasteiger partial charge is 0.497 e. The van der Waals surface area contributed by atoms with Crippen molar-refractivity contribution in [2.24, 2.45) is 23.7 Å². The molecular weight excluding hydrogens is 1260 g/mol. The summed E-state index contributed by atoms with van der Waals surface area (Å²) in [6.07, 6.45) is 5.69. The fourth-order valence-electron chi connectivity index (χ4n) is 12.1. The van der Waals surface area contributed by atoms with E-state index < -0.39 is 23.8 Å². The molecule has 10 rings (SSSR count). The van der Waals surface area contributed by atoms with Gasteiger partial charge in [-0.25, -0.2) is 0 Å². The van der Waals surface area contributed by atoms with Gasteiger partial charge in [-0.15, -0.1) is 0 Å². The lowest BCUT2D eigenvalue weighted by Gasteiger charge is -2.29. The smallest absolute Gasteiger partial charge is 0.309 e. The standard InChI is InChI=1S/C29H33NO5.C26H33NO6.C25H27NO5/c1-33-20-21-35-29(32)24-16-14-23(15-17-24)28(31)34-19-18-30(25-10-3-2-4-11-25)27-13-7-9-22-8-5-6-12-26(22)27;1-30-18-19-33-26(29)24-11-7-6-10-23(24)25(28)32-17-16-27(20-8-4-3-5-9-20)21-12-14-22(31-2)15-13-21;1-29-18-19-31-25(28)15-14-24(27)30-17-16-26(21-10-3-2-4-11-21)23-13-7-9-20-8-5-6-12-22(20)23/h2-13,23-24H,14-21H2,1H3;3-5,8-9,12-15,23-24H,6-7,10-11,16-19H2,1-2H3;2-13H,14-19H2,1H3. The zero-order valence-electron chi connectivity index (χ0n) is 57.3. The van der Waals surface area contributed by atoms with Crippen LogP contribution in [0.15, 0.2) is 200 Å². The molecule has 0 radical (unpaired) electrons. The van der Waals surface area contributed by atoms with Crippen LogP contribution in [-0.2, 0) is 71.4 Å². The number of esters is 6. The second-order valence-corrected chi connectivity index (χ2v) is 23.8. The van der Waals surface area contributed by atoms with Crippen molar-refractivity contribution in [3.63, 3.8) is 0 Å². The number of para-hydroxylation sites is 3. The van der Waals surface area contributed by atoms with Crippen LogP contribution in [0.25, 0.3) is 21.5 Å². The molecule has 0 spiro atoms. The van der Waals surface area contributed by atoms with Gasteiger partial charge in [-0.05, 0) is 122 Å². The number of carbonyl (C=O) groups excluding carboxylic acids is 6. The molecule has 2 fully saturated rings. The van der Waals surface area contributed by atoms with Gasteiger partial charge in [-0.2, -0.15) is 0 Å². The van der Waals surface area contributed by atoms with Crippen molar-refractivity contribution in [1.29, 1.82) is 0 Å². The van der Waals surface area contributed by atoms with E-state index in [4.69, 9.17) is 47.4 Å². The van der Waals surface area contributed by atoms with E-state index in [1.807, 2.05) is 133 Å². The average Bonchev–Trinajstić information content (AvgIpc) is 0.817. The van der Waals surface area contributed by atoms with Crippen LogP contribution >= 0.6 is 0 Å². The predicted octanol–water partition coefficient (Wildman–Crippen LogP) is 14.4. The summed E-state index contributed by atoms with van der Waals surface area (Å²) < 4.78 is 52.2. The van der Waals surface area contributed by atoms with Gasteiger partial charge in [-0.3, -0.25) is 28.8 Å². The molecule has 0 bridgehead atoms. The van der Waals surface area contributed by atoms with Gasteiger partial charge in [0.25, 0.3) is 0 Å². The van der Waals surface area contributed by atoms with Crippen LogP contribution in [0.2, 0.25) is 0 Å². The van der Waals surface area contributed by atoms with Gasteiger partial charge < -0.3 is 62.1 Å². The Morgan fingerprint density at radius 2 is 0.657 bits per heavy atom. The van der Waals surface area contributed by atoms with Gasteiger partial charge in [0.1, 0.15) is 45.4 Å². The summed E-state index contributed by atoms with van der Waals surface area (Å²) in [6, 6.07) is 66.7. The van der Waals surface area contributed by atoms with E-state index in [0.29, 0.717) is 78.0 Å². The molecule has 0 amide bonds. The highest BCUT2D eigenvalue weighted by atomic mass is 16.6. The van der Waals surface area contributed by atoms with Crippen molar-refractivity contribution in [1.82, 2.24) is 0 Å². The molecular formula is C80H93N3O16. The molecule has 0 saturated heterocycles. The first kappa shape index (κ1) is 75.0. The fraction of sp³-hybridized carbons (Fsp3) is 0.375. The SMILES string of the molecule is COCCOC(=O)C1CCC(C(=O)OCCN(c2ccccc2)c2cccc3ccccc23)CC1.COCCOC(=O)C1CCCCC1C(=O)OCCN(c1ccccc1)c1ccc(OC)cc1.COCCOC(=O)CCC(=O)OCCN(c1ccccc1)c1cccc2ccccc12. The lowest BCUT2D eigenvalue weighted by Crippen LogP contribution is -2.36. The summed E-state index contributed by atoms with van der Waals surface area (Å²) in [6.45, 7) is 3.94. The first-order valence-corrected chi connectivity index (χ1v) is 34.0. The number of nitrogens with zero attached hydrogens (tertiary/aromatic N) is 3. The summed E-state index contributed by atoms with van der Waals surface area (Å²) in [5.41, 5.74) is 6.15. The number of methoxy groups -OCH3 is 4. The lowest BCUT2D eigenvalue weighted by molar-refractivity contribution is -0.163. The van der Waals surface area contributed by atoms with Gasteiger partial charge in [0.2, 0.25) is 0 Å². The summed E-state index contributed by atoms with van der Waals surface area (Å²) in [5, 5.41) is 4.59. The normalized spacial score (nSPS) is 15.5. The molecule has 2 aliphatic carbocycles. The van der Waals surface area contributed by atoms with E-state index >= 15 is 0 Å². The minimum atomic E-state index is -0.458. The van der Waals surface area contributed by atoms with E-state index in [0.717, 1.165) is 68.9 Å². The first-order chi connectivity index (χ1) is 48.5. The molecule has 8 aromatic rings. The second kappa shape index (κ2) is 41.4. The van der Waals surface area contributed by atoms with Crippen molar-refractivity contribution in [2.75, 3.05) is 122 Å². The third-order valence-corrected chi connectivity index (χ3v) is 17.3. The van der Waals surface area contributed by atoms with Crippen LogP contribution in [0.5, 0.6) is 5.75 Å². The van der Waals surface area contributed by atoms with Gasteiger partial charge >= 0.3 is 35.8 Å². The Hall–Kier alpha value is -9.82. The number of carbonyl (C=O) groups is 6. The number of fused-ring (bicyclic) bond motifs is 2. The van der Waals surface area contributed by atoms with E-state index in [9.17, 15) is 28.8 Å². The molecule has 0 N–H and O–H groups in total. The molecule has 0 aromatic heterocycles. The van der Waals surface area contributed by atoms with Gasteiger partial charge in [0.15, 0.2) is 0 Å². The molecule has 524 valence electrons. The minimum absolute atomic E-state index is 0.00568. The van der Waals surface area contributed by atoms with Crippen LogP contribution in [-0.4, -0.2) is 143 Å². The molecule has 2 saturated carbocycles. The van der Waals surface area contributed by atoms with Crippen molar-refractivity contribution in [2.45, 2.75) is 64.2 Å². The Labute approximate surface area is 581 Å². The van der Waals surface area contributed by atoms with Crippen LogP contribution in [0, 0.1) is 23.7 Å². The molecule has 99 heavy (non-hydrogen) atoms. The van der Waals surface area contributed by atoms with Crippen LogP contribution in [0.3, 0.4) is 0 Å². The highest BCUT2D eigenvalue weighted by molar-refractivity contribution is 5.97. The van der Waals surface area contributed by atoms with Gasteiger partial charge in [0, 0.05) is 66.2 Å². The molecule has 2 atom stereocenters. The maximum Gasteiger partial charge on any atom is 0.309 e. The van der Waals surface area contributed by atoms with Crippen molar-refractivity contribution in [3.05, 3.63) is 200 Å². The number of hydrogen-bond donors (Lipinski definition) is 0.